The van der Waals surface area contributed by atoms with Gasteiger partial charge in [-0.1, -0.05) is 19.3 Å². The van der Waals surface area contributed by atoms with Crippen LogP contribution in [0.2, 0.25) is 0 Å². The lowest BCUT2D eigenvalue weighted by molar-refractivity contribution is -0.156. The van der Waals surface area contributed by atoms with E-state index in [1.54, 1.807) is 18.9 Å². The predicted octanol–water partition coefficient (Wildman–Crippen LogP) is 0.928. The van der Waals surface area contributed by atoms with E-state index in [4.69, 9.17) is 9.47 Å². The van der Waals surface area contributed by atoms with Crippen LogP contribution in [0.5, 0.6) is 0 Å². The Labute approximate surface area is 181 Å². The molecule has 0 aromatic heterocycles. The lowest BCUT2D eigenvalue weighted by Gasteiger charge is -2.35. The first-order chi connectivity index (χ1) is 14.8. The second-order valence-electron chi connectivity index (χ2n) is 8.39. The molecule has 0 aromatic rings. The highest BCUT2D eigenvalue weighted by molar-refractivity contribution is 6.08. The number of likely N-dealkylation sites (tertiary alicyclic amines) is 1. The summed E-state index contributed by atoms with van der Waals surface area (Å²) in [4.78, 5) is 65.7. The molecular formula is C21H31N3O7. The van der Waals surface area contributed by atoms with E-state index in [0.717, 1.165) is 24.2 Å². The summed E-state index contributed by atoms with van der Waals surface area (Å²) in [6.45, 7) is 1.89. The zero-order chi connectivity index (χ0) is 22.6. The van der Waals surface area contributed by atoms with Crippen LogP contribution in [-0.2, 0) is 28.7 Å². The number of carbonyl (C=O) groups excluding carboxylic acids is 5. The first-order valence-corrected chi connectivity index (χ1v) is 11.0. The van der Waals surface area contributed by atoms with Gasteiger partial charge in [-0.15, -0.1) is 0 Å². The molecule has 0 radical (unpaired) electrons. The summed E-state index contributed by atoms with van der Waals surface area (Å²) in [5.74, 6) is -1.98. The smallest absolute Gasteiger partial charge is 0.327 e. The van der Waals surface area contributed by atoms with Crippen molar-refractivity contribution < 1.29 is 33.4 Å². The molecule has 3 fully saturated rings. The average molecular weight is 437 g/mol. The fraction of sp³-hybridized carbons (Fsp3) is 0.762. The van der Waals surface area contributed by atoms with Crippen LogP contribution in [0.4, 0.5) is 4.79 Å². The van der Waals surface area contributed by atoms with Crippen LogP contribution in [0.15, 0.2) is 0 Å². The molecule has 172 valence electrons. The Hall–Kier alpha value is -2.65. The first kappa shape index (κ1) is 23.0. The Morgan fingerprint density at radius 2 is 1.68 bits per heavy atom. The third-order valence-electron chi connectivity index (χ3n) is 6.60. The molecule has 31 heavy (non-hydrogen) atoms. The highest BCUT2D eigenvalue weighted by atomic mass is 16.5. The van der Waals surface area contributed by atoms with Crippen molar-refractivity contribution in [3.05, 3.63) is 0 Å². The normalized spacial score (nSPS) is 21.5. The molecule has 2 heterocycles. The number of likely N-dealkylation sites (N-methyl/N-ethyl adjacent to an activating group) is 1. The molecule has 2 aliphatic heterocycles. The number of amides is 4. The summed E-state index contributed by atoms with van der Waals surface area (Å²) in [6, 6.07) is -0.504. The minimum absolute atomic E-state index is 0.220. The average Bonchev–Trinajstić information content (AvgIpc) is 2.94. The monoisotopic (exact) mass is 437 g/mol. The molecule has 2 saturated heterocycles. The van der Waals surface area contributed by atoms with Gasteiger partial charge in [-0.2, -0.15) is 0 Å². The van der Waals surface area contributed by atoms with E-state index < -0.39 is 30.7 Å². The summed E-state index contributed by atoms with van der Waals surface area (Å²) in [7, 11) is 1.60. The van der Waals surface area contributed by atoms with E-state index in [2.05, 4.69) is 0 Å². The van der Waals surface area contributed by atoms with Crippen molar-refractivity contribution in [3.8, 4) is 0 Å². The standard InChI is InChI=1S/C21H31N3O7/c1-3-30-18(27)15-7-11-23(12-8-15)16(25)14-31-17(26)13-24-19(28)21(22(2)20(24)29)9-5-4-6-10-21/h15H,3-14H2,1-2H3. The van der Waals surface area contributed by atoms with E-state index in [1.165, 1.54) is 4.90 Å². The molecule has 0 aromatic carbocycles. The molecule has 0 bridgehead atoms. The molecule has 3 rings (SSSR count). The van der Waals surface area contributed by atoms with E-state index in [1.807, 2.05) is 0 Å². The summed E-state index contributed by atoms with van der Waals surface area (Å²) in [6.07, 6.45) is 4.96. The van der Waals surface area contributed by atoms with Gasteiger partial charge in [0.25, 0.3) is 11.8 Å². The van der Waals surface area contributed by atoms with Crippen LogP contribution < -0.4 is 0 Å². The molecule has 10 heteroatoms. The maximum absolute atomic E-state index is 12.9. The number of rotatable bonds is 6. The largest absolute Gasteiger partial charge is 0.466 e. The number of nitrogens with zero attached hydrogens (tertiary/aromatic N) is 3. The van der Waals surface area contributed by atoms with Gasteiger partial charge in [0, 0.05) is 20.1 Å². The van der Waals surface area contributed by atoms with Crippen LogP contribution >= 0.6 is 0 Å². The highest BCUT2D eigenvalue weighted by Gasteiger charge is 2.56. The molecule has 4 amide bonds. The number of piperidine rings is 1. The lowest BCUT2D eigenvalue weighted by Crippen LogP contribution is -2.49. The van der Waals surface area contributed by atoms with Crippen molar-refractivity contribution in [2.24, 2.45) is 5.92 Å². The Morgan fingerprint density at radius 1 is 1.03 bits per heavy atom. The summed E-state index contributed by atoms with van der Waals surface area (Å²) in [5.41, 5.74) is -0.852. The zero-order valence-electron chi connectivity index (χ0n) is 18.3. The second kappa shape index (κ2) is 9.65. The minimum atomic E-state index is -0.852. The van der Waals surface area contributed by atoms with Crippen molar-refractivity contribution in [3.63, 3.8) is 0 Å². The number of carbonyl (C=O) groups is 5. The third-order valence-corrected chi connectivity index (χ3v) is 6.60. The van der Waals surface area contributed by atoms with Gasteiger partial charge in [-0.3, -0.25) is 24.1 Å². The van der Waals surface area contributed by atoms with Gasteiger partial charge in [0.05, 0.1) is 12.5 Å². The molecule has 1 spiro atoms. The van der Waals surface area contributed by atoms with Crippen molar-refractivity contribution in [2.45, 2.75) is 57.4 Å². The predicted molar refractivity (Wildman–Crippen MR) is 108 cm³/mol. The van der Waals surface area contributed by atoms with Crippen LogP contribution in [-0.4, -0.2) is 89.9 Å². The summed E-state index contributed by atoms with van der Waals surface area (Å²) >= 11 is 0. The van der Waals surface area contributed by atoms with Gasteiger partial charge in [0.15, 0.2) is 6.61 Å². The topological polar surface area (TPSA) is 114 Å². The van der Waals surface area contributed by atoms with Crippen LogP contribution in [0.25, 0.3) is 0 Å². The number of urea groups is 1. The quantitative estimate of drug-likeness (QED) is 0.449. The summed E-state index contributed by atoms with van der Waals surface area (Å²) < 4.78 is 10.1. The molecule has 10 nitrogen and oxygen atoms in total. The van der Waals surface area contributed by atoms with Crippen LogP contribution in [0.3, 0.4) is 0 Å². The van der Waals surface area contributed by atoms with Crippen molar-refractivity contribution in [1.82, 2.24) is 14.7 Å². The molecule has 1 aliphatic carbocycles. The number of hydrogen-bond acceptors (Lipinski definition) is 7. The molecule has 0 N–H and O–H groups in total. The number of ether oxygens (including phenoxy) is 2. The molecule has 0 unspecified atom stereocenters. The van der Waals surface area contributed by atoms with E-state index in [0.29, 0.717) is 45.4 Å². The fourth-order valence-corrected chi connectivity index (χ4v) is 4.70. The SMILES string of the molecule is CCOC(=O)C1CCN(C(=O)COC(=O)CN2C(=O)N(C)C3(CCCCC3)C2=O)CC1. The Morgan fingerprint density at radius 3 is 2.29 bits per heavy atom. The Bertz CT molecular complexity index is 739. The van der Waals surface area contributed by atoms with E-state index >= 15 is 0 Å². The van der Waals surface area contributed by atoms with E-state index in [9.17, 15) is 24.0 Å². The number of hydrogen-bond donors (Lipinski definition) is 0. The number of esters is 2. The third kappa shape index (κ3) is 4.67. The van der Waals surface area contributed by atoms with Gasteiger partial charge >= 0.3 is 18.0 Å². The van der Waals surface area contributed by atoms with Crippen molar-refractivity contribution in [1.29, 1.82) is 0 Å². The highest BCUT2D eigenvalue weighted by Crippen LogP contribution is 2.39. The fourth-order valence-electron chi connectivity index (χ4n) is 4.70. The van der Waals surface area contributed by atoms with Gasteiger partial charge in [-0.25, -0.2) is 4.79 Å². The van der Waals surface area contributed by atoms with Crippen molar-refractivity contribution >= 4 is 29.8 Å². The minimum Gasteiger partial charge on any atom is -0.466 e. The maximum Gasteiger partial charge on any atom is 0.327 e. The lowest BCUT2D eigenvalue weighted by atomic mass is 9.81. The van der Waals surface area contributed by atoms with Gasteiger partial charge in [0.2, 0.25) is 0 Å². The molecule has 1 saturated carbocycles. The first-order valence-electron chi connectivity index (χ1n) is 11.0. The van der Waals surface area contributed by atoms with E-state index in [-0.39, 0.29) is 23.7 Å². The van der Waals surface area contributed by atoms with Crippen molar-refractivity contribution in [2.75, 3.05) is 39.9 Å². The van der Waals surface area contributed by atoms with Gasteiger partial charge in [0.1, 0.15) is 12.1 Å². The summed E-state index contributed by atoms with van der Waals surface area (Å²) in [5, 5.41) is 0. The molecule has 0 atom stereocenters. The zero-order valence-corrected chi connectivity index (χ0v) is 18.3. The Kier molecular flexibility index (Phi) is 7.17. The molecule has 3 aliphatic rings. The number of imide groups is 1. The second-order valence-corrected chi connectivity index (χ2v) is 8.39. The molecular weight excluding hydrogens is 406 g/mol. The van der Waals surface area contributed by atoms with Gasteiger partial charge in [-0.05, 0) is 32.6 Å². The van der Waals surface area contributed by atoms with Gasteiger partial charge < -0.3 is 19.3 Å². The maximum atomic E-state index is 12.9. The Balaban J connectivity index is 1.46. The van der Waals surface area contributed by atoms with Crippen LogP contribution in [0, 0.1) is 5.92 Å². The van der Waals surface area contributed by atoms with Crippen LogP contribution in [0.1, 0.15) is 51.9 Å².